The maximum absolute atomic E-state index is 12.5. The van der Waals surface area contributed by atoms with Gasteiger partial charge in [0.15, 0.2) is 5.69 Å². The van der Waals surface area contributed by atoms with Gasteiger partial charge in [0, 0.05) is 5.69 Å². The molecule has 1 heterocycles. The normalized spacial score (nSPS) is 9.85. The van der Waals surface area contributed by atoms with Crippen LogP contribution in [0.4, 0.5) is 5.69 Å². The van der Waals surface area contributed by atoms with Gasteiger partial charge in [0.2, 0.25) is 5.91 Å². The van der Waals surface area contributed by atoms with E-state index < -0.39 is 11.9 Å². The van der Waals surface area contributed by atoms with E-state index in [1.807, 2.05) is 25.1 Å². The van der Waals surface area contributed by atoms with Gasteiger partial charge in [-0.05, 0) is 37.1 Å². The summed E-state index contributed by atoms with van der Waals surface area (Å²) in [5.74, 6) is -1.23. The molecule has 7 heteroatoms. The lowest BCUT2D eigenvalue weighted by molar-refractivity contribution is -0.115. The summed E-state index contributed by atoms with van der Waals surface area (Å²) >= 11 is 0. The Kier molecular flexibility index (Phi) is 6.13. The molecular weight excluding hydrogens is 332 g/mol. The van der Waals surface area contributed by atoms with E-state index in [4.69, 9.17) is 10.00 Å². The number of hydrogen-bond donors (Lipinski definition) is 1. The van der Waals surface area contributed by atoms with E-state index in [0.717, 1.165) is 12.0 Å². The lowest BCUT2D eigenvalue weighted by Gasteiger charge is -2.12. The minimum atomic E-state index is -0.666. The molecular formula is C19H18N4O3. The third kappa shape index (κ3) is 3.90. The lowest BCUT2D eigenvalue weighted by atomic mass is 10.1. The number of aromatic nitrogens is 1. The molecule has 2 aromatic rings. The van der Waals surface area contributed by atoms with Crippen LogP contribution in [0, 0.1) is 22.7 Å². The quantitative estimate of drug-likeness (QED) is 0.806. The standard InChI is InChI=1S/C19H18N4O3/c1-3-13-5-7-14(8-6-13)23-15(12-21)11-16(22-17(24)9-10-20)18(23)19(25)26-4-2/h5-8,11H,3-4,9H2,1-2H3,(H,22,24). The molecule has 0 saturated carbocycles. The third-order valence-electron chi connectivity index (χ3n) is 3.70. The molecule has 0 unspecified atom stereocenters. The minimum Gasteiger partial charge on any atom is -0.461 e. The van der Waals surface area contributed by atoms with Gasteiger partial charge >= 0.3 is 5.97 Å². The number of benzene rings is 1. The van der Waals surface area contributed by atoms with Crippen LogP contribution in [0.1, 0.15) is 42.0 Å². The van der Waals surface area contributed by atoms with Gasteiger partial charge in [-0.1, -0.05) is 19.1 Å². The Morgan fingerprint density at radius 3 is 2.42 bits per heavy atom. The monoisotopic (exact) mass is 350 g/mol. The predicted octanol–water partition coefficient (Wildman–Crippen LogP) is 2.94. The van der Waals surface area contributed by atoms with Crippen molar-refractivity contribution in [1.82, 2.24) is 4.57 Å². The summed E-state index contributed by atoms with van der Waals surface area (Å²) in [5, 5.41) is 20.6. The Hall–Kier alpha value is -3.58. The largest absolute Gasteiger partial charge is 0.461 e. The number of nitrogens with one attached hydrogen (secondary N) is 1. The minimum absolute atomic E-state index is 0.0407. The summed E-state index contributed by atoms with van der Waals surface area (Å²) in [6.07, 6.45) is 0.498. The summed E-state index contributed by atoms with van der Waals surface area (Å²) in [5.41, 5.74) is 2.06. The topological polar surface area (TPSA) is 108 Å². The van der Waals surface area contributed by atoms with Crippen LogP contribution in [-0.2, 0) is 16.0 Å². The number of aryl methyl sites for hydroxylation is 1. The fraction of sp³-hybridized carbons (Fsp3) is 0.263. The van der Waals surface area contributed by atoms with Crippen molar-refractivity contribution >= 4 is 17.6 Å². The van der Waals surface area contributed by atoms with Crippen LogP contribution >= 0.6 is 0 Å². The Morgan fingerprint density at radius 2 is 1.88 bits per heavy atom. The van der Waals surface area contributed by atoms with Crippen LogP contribution in [0.5, 0.6) is 0 Å². The summed E-state index contributed by atoms with van der Waals surface area (Å²) < 4.78 is 6.53. The molecule has 1 aromatic carbocycles. The van der Waals surface area contributed by atoms with Gasteiger partial charge in [0.05, 0.1) is 18.4 Å². The zero-order chi connectivity index (χ0) is 19.1. The molecule has 0 fully saturated rings. The van der Waals surface area contributed by atoms with Gasteiger partial charge in [-0.25, -0.2) is 4.79 Å². The first-order valence-corrected chi connectivity index (χ1v) is 8.14. The van der Waals surface area contributed by atoms with Gasteiger partial charge in [-0.15, -0.1) is 0 Å². The molecule has 0 atom stereocenters. The van der Waals surface area contributed by atoms with Gasteiger partial charge in [0.25, 0.3) is 0 Å². The van der Waals surface area contributed by atoms with Crippen LogP contribution in [0.3, 0.4) is 0 Å². The van der Waals surface area contributed by atoms with Gasteiger partial charge in [0.1, 0.15) is 18.2 Å². The number of nitrogens with zero attached hydrogens (tertiary/aromatic N) is 3. The van der Waals surface area contributed by atoms with Gasteiger partial charge < -0.3 is 10.1 Å². The highest BCUT2D eigenvalue weighted by Crippen LogP contribution is 2.27. The Balaban J connectivity index is 2.62. The summed E-state index contributed by atoms with van der Waals surface area (Å²) in [6.45, 7) is 3.84. The lowest BCUT2D eigenvalue weighted by Crippen LogP contribution is -2.17. The third-order valence-corrected chi connectivity index (χ3v) is 3.70. The molecule has 132 valence electrons. The van der Waals surface area contributed by atoms with Crippen molar-refractivity contribution in [3.8, 4) is 17.8 Å². The second-order valence-electron chi connectivity index (χ2n) is 5.36. The summed E-state index contributed by atoms with van der Waals surface area (Å²) in [7, 11) is 0. The number of amides is 1. The molecule has 0 aliphatic carbocycles. The first kappa shape index (κ1) is 18.8. The summed E-state index contributed by atoms with van der Waals surface area (Å²) in [6, 6.07) is 12.6. The molecule has 0 spiro atoms. The van der Waals surface area contributed by atoms with Crippen molar-refractivity contribution in [3.05, 3.63) is 47.3 Å². The zero-order valence-electron chi connectivity index (χ0n) is 14.6. The molecule has 1 aromatic heterocycles. The molecule has 1 N–H and O–H groups in total. The van der Waals surface area contributed by atoms with Crippen LogP contribution in [0.25, 0.3) is 5.69 Å². The van der Waals surface area contributed by atoms with Gasteiger partial charge in [-0.3, -0.25) is 9.36 Å². The van der Waals surface area contributed by atoms with Crippen molar-refractivity contribution in [2.75, 3.05) is 11.9 Å². The van der Waals surface area contributed by atoms with E-state index in [1.54, 1.807) is 25.1 Å². The van der Waals surface area contributed by atoms with Crippen molar-refractivity contribution in [2.45, 2.75) is 26.7 Å². The predicted molar refractivity (Wildman–Crippen MR) is 94.7 cm³/mol. The number of rotatable bonds is 6. The maximum atomic E-state index is 12.5. The SMILES string of the molecule is CCOC(=O)c1c(NC(=O)CC#N)cc(C#N)n1-c1ccc(CC)cc1. The van der Waals surface area contributed by atoms with Crippen molar-refractivity contribution < 1.29 is 14.3 Å². The van der Waals surface area contributed by atoms with Crippen LogP contribution in [-0.4, -0.2) is 23.1 Å². The highest BCUT2D eigenvalue weighted by Gasteiger charge is 2.24. The first-order valence-electron chi connectivity index (χ1n) is 8.14. The molecule has 7 nitrogen and oxygen atoms in total. The summed E-state index contributed by atoms with van der Waals surface area (Å²) in [4.78, 5) is 24.3. The molecule has 0 radical (unpaired) electrons. The molecule has 1 amide bonds. The Morgan fingerprint density at radius 1 is 1.19 bits per heavy atom. The van der Waals surface area contributed by atoms with Crippen molar-refractivity contribution in [2.24, 2.45) is 0 Å². The highest BCUT2D eigenvalue weighted by molar-refractivity contribution is 6.02. The average Bonchev–Trinajstić information content (AvgIpc) is 3.00. The Bertz CT molecular complexity index is 899. The molecule has 26 heavy (non-hydrogen) atoms. The first-order chi connectivity index (χ1) is 12.5. The van der Waals surface area contributed by atoms with Crippen molar-refractivity contribution in [3.63, 3.8) is 0 Å². The van der Waals surface area contributed by atoms with Crippen molar-refractivity contribution in [1.29, 1.82) is 10.5 Å². The molecule has 2 rings (SSSR count). The van der Waals surface area contributed by atoms with E-state index in [1.165, 1.54) is 10.6 Å². The number of carbonyl (C=O) groups is 2. The van der Waals surface area contributed by atoms with E-state index in [9.17, 15) is 14.9 Å². The van der Waals surface area contributed by atoms with Crippen LogP contribution < -0.4 is 5.32 Å². The second-order valence-corrected chi connectivity index (χ2v) is 5.36. The number of nitriles is 2. The van der Waals surface area contributed by atoms with Gasteiger partial charge in [-0.2, -0.15) is 10.5 Å². The van der Waals surface area contributed by atoms with E-state index in [2.05, 4.69) is 5.32 Å². The number of ether oxygens (including phenoxy) is 1. The Labute approximate surface area is 151 Å². The molecule has 0 aliphatic heterocycles. The van der Waals surface area contributed by atoms with Crippen LogP contribution in [0.15, 0.2) is 30.3 Å². The number of hydrogen-bond acceptors (Lipinski definition) is 5. The average molecular weight is 350 g/mol. The highest BCUT2D eigenvalue weighted by atomic mass is 16.5. The fourth-order valence-corrected chi connectivity index (χ4v) is 2.50. The number of anilines is 1. The van der Waals surface area contributed by atoms with Crippen LogP contribution in [0.2, 0.25) is 0 Å². The molecule has 0 aliphatic rings. The van der Waals surface area contributed by atoms with E-state index in [-0.39, 0.29) is 30.1 Å². The van der Waals surface area contributed by atoms with E-state index in [0.29, 0.717) is 5.69 Å². The second kappa shape index (κ2) is 8.50. The number of esters is 1. The zero-order valence-corrected chi connectivity index (χ0v) is 14.6. The van der Waals surface area contributed by atoms with E-state index >= 15 is 0 Å². The smallest absolute Gasteiger partial charge is 0.357 e. The molecule has 0 bridgehead atoms. The fourth-order valence-electron chi connectivity index (χ4n) is 2.50. The maximum Gasteiger partial charge on any atom is 0.357 e. The number of carbonyl (C=O) groups excluding carboxylic acids is 2. The molecule has 0 saturated heterocycles.